The van der Waals surface area contributed by atoms with Crippen LogP contribution >= 0.6 is 0 Å². The SMILES string of the molecule is O=C(NCC(=O)N1CCN(c2cccc(C(F)(F)F)c2)CC1)c1ccc(F)cc1F. The van der Waals surface area contributed by atoms with Crippen LogP contribution in [0.25, 0.3) is 0 Å². The smallest absolute Gasteiger partial charge is 0.368 e. The number of carbonyl (C=O) groups is 2. The molecule has 3 rings (SSSR count). The van der Waals surface area contributed by atoms with E-state index in [-0.39, 0.29) is 25.2 Å². The third-order valence-electron chi connectivity index (χ3n) is 4.75. The standard InChI is InChI=1S/C20H18F5N3O2/c21-14-4-5-16(17(22)11-14)19(30)26-12-18(29)28-8-6-27(7-9-28)15-3-1-2-13(10-15)20(23,24)25/h1-5,10-11H,6-9,12H2,(H,26,30). The van der Waals surface area contributed by atoms with Gasteiger partial charge in [-0.25, -0.2) is 8.78 Å². The fourth-order valence-corrected chi connectivity index (χ4v) is 3.13. The number of nitrogens with zero attached hydrogens (tertiary/aromatic N) is 2. The first kappa shape index (κ1) is 21.5. The fourth-order valence-electron chi connectivity index (χ4n) is 3.13. The highest BCUT2D eigenvalue weighted by atomic mass is 19.4. The predicted molar refractivity (Wildman–Crippen MR) is 98.9 cm³/mol. The van der Waals surface area contributed by atoms with E-state index in [0.717, 1.165) is 24.3 Å². The van der Waals surface area contributed by atoms with Gasteiger partial charge < -0.3 is 15.1 Å². The Hall–Kier alpha value is -3.17. The number of hydrogen-bond acceptors (Lipinski definition) is 3. The van der Waals surface area contributed by atoms with Crippen LogP contribution in [0.5, 0.6) is 0 Å². The van der Waals surface area contributed by atoms with E-state index in [4.69, 9.17) is 0 Å². The number of benzene rings is 2. The number of hydrogen-bond donors (Lipinski definition) is 1. The molecule has 0 saturated carbocycles. The molecular formula is C20H18F5N3O2. The molecule has 1 aliphatic heterocycles. The van der Waals surface area contributed by atoms with Crippen molar-refractivity contribution in [2.45, 2.75) is 6.18 Å². The van der Waals surface area contributed by atoms with E-state index in [9.17, 15) is 31.5 Å². The quantitative estimate of drug-likeness (QED) is 0.764. The largest absolute Gasteiger partial charge is 0.416 e. The molecule has 2 aromatic rings. The van der Waals surface area contributed by atoms with E-state index in [1.54, 1.807) is 11.0 Å². The second-order valence-electron chi connectivity index (χ2n) is 6.72. The van der Waals surface area contributed by atoms with Crippen molar-refractivity contribution in [2.24, 2.45) is 0 Å². The number of anilines is 1. The first-order valence-electron chi connectivity index (χ1n) is 9.08. The number of amides is 2. The minimum Gasteiger partial charge on any atom is -0.368 e. The van der Waals surface area contributed by atoms with E-state index in [2.05, 4.69) is 5.32 Å². The highest BCUT2D eigenvalue weighted by Gasteiger charge is 2.31. The molecule has 2 aromatic carbocycles. The van der Waals surface area contributed by atoms with Gasteiger partial charge in [0, 0.05) is 37.9 Å². The van der Waals surface area contributed by atoms with Crippen LogP contribution in [0.15, 0.2) is 42.5 Å². The summed E-state index contributed by atoms with van der Waals surface area (Å²) >= 11 is 0. The molecule has 0 radical (unpaired) electrons. The second-order valence-corrected chi connectivity index (χ2v) is 6.72. The molecule has 10 heteroatoms. The van der Waals surface area contributed by atoms with Crippen molar-refractivity contribution >= 4 is 17.5 Å². The molecule has 5 nitrogen and oxygen atoms in total. The molecule has 1 fully saturated rings. The monoisotopic (exact) mass is 427 g/mol. The highest BCUT2D eigenvalue weighted by Crippen LogP contribution is 2.31. The molecule has 160 valence electrons. The van der Waals surface area contributed by atoms with Gasteiger partial charge in [0.2, 0.25) is 5.91 Å². The number of alkyl halides is 3. The first-order chi connectivity index (χ1) is 14.1. The van der Waals surface area contributed by atoms with Gasteiger partial charge in [-0.3, -0.25) is 9.59 Å². The Morgan fingerprint density at radius 3 is 2.30 bits per heavy atom. The Balaban J connectivity index is 1.52. The van der Waals surface area contributed by atoms with Gasteiger partial charge in [0.25, 0.3) is 5.91 Å². The molecule has 0 unspecified atom stereocenters. The number of nitrogens with one attached hydrogen (secondary N) is 1. The summed E-state index contributed by atoms with van der Waals surface area (Å²) in [6.07, 6.45) is -4.43. The van der Waals surface area contributed by atoms with Gasteiger partial charge in [-0.1, -0.05) is 6.07 Å². The van der Waals surface area contributed by atoms with Crippen molar-refractivity contribution in [1.29, 1.82) is 0 Å². The molecule has 1 N–H and O–H groups in total. The van der Waals surface area contributed by atoms with Gasteiger partial charge in [0.05, 0.1) is 17.7 Å². The van der Waals surface area contributed by atoms with Gasteiger partial charge >= 0.3 is 6.18 Å². The zero-order valence-corrected chi connectivity index (χ0v) is 15.7. The molecule has 0 aromatic heterocycles. The van der Waals surface area contributed by atoms with Crippen LogP contribution in [-0.4, -0.2) is 49.4 Å². The van der Waals surface area contributed by atoms with Crippen molar-refractivity contribution in [3.05, 3.63) is 65.2 Å². The number of rotatable bonds is 4. The maximum Gasteiger partial charge on any atom is 0.416 e. The van der Waals surface area contributed by atoms with Crippen molar-refractivity contribution in [3.8, 4) is 0 Å². The summed E-state index contributed by atoms with van der Waals surface area (Å²) in [6, 6.07) is 7.46. The van der Waals surface area contributed by atoms with Gasteiger partial charge in [-0.15, -0.1) is 0 Å². The predicted octanol–water partition coefficient (Wildman–Crippen LogP) is 3.06. The summed E-state index contributed by atoms with van der Waals surface area (Å²) in [4.78, 5) is 27.5. The Bertz CT molecular complexity index is 940. The molecule has 2 amide bonds. The first-order valence-corrected chi connectivity index (χ1v) is 9.08. The van der Waals surface area contributed by atoms with Crippen molar-refractivity contribution in [1.82, 2.24) is 10.2 Å². The van der Waals surface area contributed by atoms with Crippen molar-refractivity contribution < 1.29 is 31.5 Å². The Morgan fingerprint density at radius 1 is 0.967 bits per heavy atom. The van der Waals surface area contributed by atoms with Crippen LogP contribution < -0.4 is 10.2 Å². The van der Waals surface area contributed by atoms with E-state index < -0.39 is 35.2 Å². The van der Waals surface area contributed by atoms with Crippen LogP contribution in [-0.2, 0) is 11.0 Å². The van der Waals surface area contributed by atoms with Crippen LogP contribution in [0.3, 0.4) is 0 Å². The normalized spacial score (nSPS) is 14.6. The Morgan fingerprint density at radius 2 is 1.67 bits per heavy atom. The molecule has 1 aliphatic rings. The van der Waals surface area contributed by atoms with Crippen LogP contribution in [0.2, 0.25) is 0 Å². The highest BCUT2D eigenvalue weighted by molar-refractivity contribution is 5.96. The van der Waals surface area contributed by atoms with Crippen LogP contribution in [0, 0.1) is 11.6 Å². The molecule has 0 aliphatic carbocycles. The number of carbonyl (C=O) groups excluding carboxylic acids is 2. The third kappa shape index (κ3) is 5.05. The summed E-state index contributed by atoms with van der Waals surface area (Å²) in [6.45, 7) is 0.798. The average Bonchev–Trinajstić information content (AvgIpc) is 2.71. The topological polar surface area (TPSA) is 52.7 Å². The molecule has 1 heterocycles. The molecule has 1 saturated heterocycles. The summed E-state index contributed by atoms with van der Waals surface area (Å²) < 4.78 is 65.1. The number of piperazine rings is 1. The molecule has 30 heavy (non-hydrogen) atoms. The summed E-state index contributed by atoms with van der Waals surface area (Å²) in [5, 5.41) is 2.29. The Kier molecular flexibility index (Phi) is 6.23. The van der Waals surface area contributed by atoms with Gasteiger partial charge in [0.1, 0.15) is 11.6 Å². The molecule has 0 bridgehead atoms. The Labute approximate surface area is 169 Å². The van der Waals surface area contributed by atoms with Gasteiger partial charge in [-0.05, 0) is 30.3 Å². The van der Waals surface area contributed by atoms with E-state index in [0.29, 0.717) is 24.8 Å². The van der Waals surface area contributed by atoms with E-state index >= 15 is 0 Å². The maximum atomic E-state index is 13.6. The summed E-state index contributed by atoms with van der Waals surface area (Å²) in [7, 11) is 0. The van der Waals surface area contributed by atoms with Crippen LogP contribution in [0.1, 0.15) is 15.9 Å². The third-order valence-corrected chi connectivity index (χ3v) is 4.75. The van der Waals surface area contributed by atoms with Gasteiger partial charge in [0.15, 0.2) is 0 Å². The lowest BCUT2D eigenvalue weighted by Gasteiger charge is -2.36. The van der Waals surface area contributed by atoms with Crippen LogP contribution in [0.4, 0.5) is 27.6 Å². The maximum absolute atomic E-state index is 13.6. The van der Waals surface area contributed by atoms with E-state index in [1.807, 2.05) is 0 Å². The molecule has 0 spiro atoms. The zero-order chi connectivity index (χ0) is 21.9. The van der Waals surface area contributed by atoms with Crippen molar-refractivity contribution in [3.63, 3.8) is 0 Å². The minimum absolute atomic E-state index is 0.260. The van der Waals surface area contributed by atoms with E-state index in [1.165, 1.54) is 11.0 Å². The van der Waals surface area contributed by atoms with Gasteiger partial charge in [-0.2, -0.15) is 13.2 Å². The lowest BCUT2D eigenvalue weighted by atomic mass is 10.1. The van der Waals surface area contributed by atoms with Crippen molar-refractivity contribution in [2.75, 3.05) is 37.6 Å². The lowest BCUT2D eigenvalue weighted by Crippen LogP contribution is -2.51. The lowest BCUT2D eigenvalue weighted by molar-refractivity contribution is -0.137. The fraction of sp³-hybridized carbons (Fsp3) is 0.300. The summed E-state index contributed by atoms with van der Waals surface area (Å²) in [5.74, 6) is -3.11. The second kappa shape index (κ2) is 8.68. The summed E-state index contributed by atoms with van der Waals surface area (Å²) in [5.41, 5.74) is -0.704. The molecular weight excluding hydrogens is 409 g/mol. The molecule has 0 atom stereocenters. The average molecular weight is 427 g/mol. The zero-order valence-electron chi connectivity index (χ0n) is 15.7. The minimum atomic E-state index is -4.43. The number of halogens is 5.